The van der Waals surface area contributed by atoms with E-state index in [0.717, 1.165) is 23.8 Å². The molecule has 18 heavy (non-hydrogen) atoms. The molecule has 1 nitrogen and oxygen atoms in total. The summed E-state index contributed by atoms with van der Waals surface area (Å²) in [7, 11) is 0. The van der Waals surface area contributed by atoms with Gasteiger partial charge in [0.25, 0.3) is 0 Å². The molecule has 2 aliphatic rings. The van der Waals surface area contributed by atoms with Gasteiger partial charge in [-0.2, -0.15) is 0 Å². The molecule has 0 bridgehead atoms. The largest absolute Gasteiger partial charge is 0.313 e. The van der Waals surface area contributed by atoms with E-state index in [9.17, 15) is 0 Å². The van der Waals surface area contributed by atoms with E-state index in [2.05, 4.69) is 39.6 Å². The summed E-state index contributed by atoms with van der Waals surface area (Å²) in [6.07, 6.45) is 6.92. The van der Waals surface area contributed by atoms with Crippen molar-refractivity contribution in [2.75, 3.05) is 6.54 Å². The molecule has 1 heterocycles. The molecule has 0 saturated heterocycles. The number of hydrogen-bond acceptors (Lipinski definition) is 2. The quantitative estimate of drug-likeness (QED) is 0.812. The number of rotatable bonds is 6. The third kappa shape index (κ3) is 2.54. The zero-order valence-electron chi connectivity index (χ0n) is 11.0. The second-order valence-electron chi connectivity index (χ2n) is 5.79. The van der Waals surface area contributed by atoms with Gasteiger partial charge in [0.2, 0.25) is 0 Å². The van der Waals surface area contributed by atoms with Crippen LogP contribution >= 0.6 is 27.3 Å². The molecule has 2 aliphatic carbocycles. The predicted octanol–water partition coefficient (Wildman–Crippen LogP) is 4.47. The molecule has 2 fully saturated rings. The van der Waals surface area contributed by atoms with E-state index in [0.29, 0.717) is 0 Å². The van der Waals surface area contributed by atoms with Crippen LogP contribution in [0.4, 0.5) is 0 Å². The van der Waals surface area contributed by atoms with E-state index in [1.54, 1.807) is 0 Å². The Balaban J connectivity index is 1.65. The summed E-state index contributed by atoms with van der Waals surface area (Å²) in [4.78, 5) is 1.52. The topological polar surface area (TPSA) is 12.0 Å². The SMILES string of the molecule is CCCNC(Cc1sccc1Br)C1C2CCCC21. The minimum absolute atomic E-state index is 0.718. The molecule has 0 radical (unpaired) electrons. The van der Waals surface area contributed by atoms with Crippen LogP contribution in [0, 0.1) is 17.8 Å². The standard InChI is InChI=1S/C15H22BrNS/c1-2-7-17-13(9-14-12(16)6-8-18-14)15-10-4-3-5-11(10)15/h6,8,10-11,13,15,17H,2-5,7,9H2,1H3. The molecule has 1 aromatic rings. The summed E-state index contributed by atoms with van der Waals surface area (Å²) in [5.41, 5.74) is 0. The maximum atomic E-state index is 3.81. The van der Waals surface area contributed by atoms with E-state index in [1.807, 2.05) is 11.3 Å². The fourth-order valence-electron chi connectivity index (χ4n) is 3.82. The number of thiophene rings is 1. The first-order valence-corrected chi connectivity index (χ1v) is 8.93. The third-order valence-corrected chi connectivity index (χ3v) is 6.64. The zero-order chi connectivity index (χ0) is 12.5. The molecular formula is C15H22BrNS. The lowest BCUT2D eigenvalue weighted by atomic mass is 10.0. The van der Waals surface area contributed by atoms with Gasteiger partial charge in [0, 0.05) is 15.4 Å². The van der Waals surface area contributed by atoms with Crippen LogP contribution in [0.25, 0.3) is 0 Å². The van der Waals surface area contributed by atoms with Gasteiger partial charge in [0.1, 0.15) is 0 Å². The van der Waals surface area contributed by atoms with Gasteiger partial charge in [-0.1, -0.05) is 13.3 Å². The van der Waals surface area contributed by atoms with Crippen LogP contribution in [0.1, 0.15) is 37.5 Å². The Labute approximate surface area is 122 Å². The molecule has 3 heteroatoms. The van der Waals surface area contributed by atoms with Crippen LogP contribution in [0.15, 0.2) is 15.9 Å². The fraction of sp³-hybridized carbons (Fsp3) is 0.733. The highest BCUT2D eigenvalue weighted by molar-refractivity contribution is 9.10. The van der Waals surface area contributed by atoms with Crippen LogP contribution in [0.5, 0.6) is 0 Å². The second-order valence-corrected chi connectivity index (χ2v) is 7.65. The van der Waals surface area contributed by atoms with E-state index in [1.165, 1.54) is 48.0 Å². The van der Waals surface area contributed by atoms with Crippen LogP contribution in [0.3, 0.4) is 0 Å². The third-order valence-electron chi connectivity index (χ3n) is 4.69. The summed E-state index contributed by atoms with van der Waals surface area (Å²) in [5.74, 6) is 3.08. The summed E-state index contributed by atoms with van der Waals surface area (Å²) < 4.78 is 1.31. The summed E-state index contributed by atoms with van der Waals surface area (Å²) in [6.45, 7) is 3.43. The maximum absolute atomic E-state index is 3.81. The summed E-state index contributed by atoms with van der Waals surface area (Å²) in [5, 5.41) is 6.01. The lowest BCUT2D eigenvalue weighted by molar-refractivity contribution is 0.405. The average molecular weight is 328 g/mol. The highest BCUT2D eigenvalue weighted by Gasteiger charge is 2.55. The Morgan fingerprint density at radius 3 is 2.83 bits per heavy atom. The van der Waals surface area contributed by atoms with Gasteiger partial charge in [-0.15, -0.1) is 11.3 Å². The second kappa shape index (κ2) is 5.64. The molecule has 3 atom stereocenters. The lowest BCUT2D eigenvalue weighted by Gasteiger charge is -2.20. The number of nitrogens with one attached hydrogen (secondary N) is 1. The zero-order valence-corrected chi connectivity index (χ0v) is 13.4. The van der Waals surface area contributed by atoms with Gasteiger partial charge >= 0.3 is 0 Å². The molecule has 1 N–H and O–H groups in total. The molecule has 100 valence electrons. The normalized spacial score (nSPS) is 31.3. The predicted molar refractivity (Wildman–Crippen MR) is 82.1 cm³/mol. The molecule has 3 unspecified atom stereocenters. The minimum atomic E-state index is 0.718. The Morgan fingerprint density at radius 1 is 1.44 bits per heavy atom. The van der Waals surface area contributed by atoms with Gasteiger partial charge in [-0.25, -0.2) is 0 Å². The molecule has 0 aromatic carbocycles. The van der Waals surface area contributed by atoms with E-state index >= 15 is 0 Å². The van der Waals surface area contributed by atoms with E-state index in [-0.39, 0.29) is 0 Å². The van der Waals surface area contributed by atoms with Crippen molar-refractivity contribution in [3.05, 3.63) is 20.8 Å². The smallest absolute Gasteiger partial charge is 0.0314 e. The van der Waals surface area contributed by atoms with Gasteiger partial charge in [-0.3, -0.25) is 0 Å². The first kappa shape index (κ1) is 13.1. The average Bonchev–Trinajstić information content (AvgIpc) is 2.74. The monoisotopic (exact) mass is 327 g/mol. The molecule has 1 aromatic heterocycles. The fourth-order valence-corrected chi connectivity index (χ4v) is 5.39. The van der Waals surface area contributed by atoms with Crippen molar-refractivity contribution < 1.29 is 0 Å². The number of halogens is 1. The van der Waals surface area contributed by atoms with Crippen LogP contribution in [-0.4, -0.2) is 12.6 Å². The van der Waals surface area contributed by atoms with Crippen LogP contribution in [-0.2, 0) is 6.42 Å². The van der Waals surface area contributed by atoms with Gasteiger partial charge < -0.3 is 5.32 Å². The van der Waals surface area contributed by atoms with E-state index in [4.69, 9.17) is 0 Å². The van der Waals surface area contributed by atoms with Crippen LogP contribution < -0.4 is 5.32 Å². The highest BCUT2D eigenvalue weighted by Crippen LogP contribution is 2.59. The molecular weight excluding hydrogens is 306 g/mol. The first-order valence-electron chi connectivity index (χ1n) is 7.26. The molecule has 0 amide bonds. The van der Waals surface area contributed by atoms with Crippen LogP contribution in [0.2, 0.25) is 0 Å². The van der Waals surface area contributed by atoms with Crippen molar-refractivity contribution in [1.82, 2.24) is 5.32 Å². The van der Waals surface area contributed by atoms with Gasteiger partial charge in [-0.05, 0) is 77.4 Å². The van der Waals surface area contributed by atoms with Crippen molar-refractivity contribution in [2.24, 2.45) is 17.8 Å². The first-order chi connectivity index (χ1) is 8.81. The van der Waals surface area contributed by atoms with Crippen molar-refractivity contribution in [3.8, 4) is 0 Å². The number of fused-ring (bicyclic) bond motifs is 1. The Kier molecular flexibility index (Phi) is 4.12. The Hall–Kier alpha value is 0.140. The van der Waals surface area contributed by atoms with Crippen molar-refractivity contribution in [1.29, 1.82) is 0 Å². The number of hydrogen-bond donors (Lipinski definition) is 1. The summed E-state index contributed by atoms with van der Waals surface area (Å²) >= 11 is 5.57. The van der Waals surface area contributed by atoms with Crippen molar-refractivity contribution >= 4 is 27.3 Å². The van der Waals surface area contributed by atoms with Gasteiger partial charge in [0.15, 0.2) is 0 Å². The Bertz CT molecular complexity index is 393. The van der Waals surface area contributed by atoms with Crippen molar-refractivity contribution in [3.63, 3.8) is 0 Å². The Morgan fingerprint density at radius 2 is 2.22 bits per heavy atom. The van der Waals surface area contributed by atoms with Gasteiger partial charge in [0.05, 0.1) is 0 Å². The molecule has 3 rings (SSSR count). The lowest BCUT2D eigenvalue weighted by Crippen LogP contribution is -2.35. The minimum Gasteiger partial charge on any atom is -0.313 e. The molecule has 0 spiro atoms. The molecule has 2 saturated carbocycles. The molecule has 0 aliphatic heterocycles. The van der Waals surface area contributed by atoms with E-state index < -0.39 is 0 Å². The maximum Gasteiger partial charge on any atom is 0.0314 e. The highest BCUT2D eigenvalue weighted by atomic mass is 79.9. The summed E-state index contributed by atoms with van der Waals surface area (Å²) in [6, 6.07) is 2.90. The van der Waals surface area contributed by atoms with Crippen molar-refractivity contribution in [2.45, 2.75) is 45.1 Å².